The lowest BCUT2D eigenvalue weighted by molar-refractivity contribution is 0.0954. The number of nitrogens with zero attached hydrogens (tertiary/aromatic N) is 5. The van der Waals surface area contributed by atoms with Crippen LogP contribution >= 0.6 is 0 Å². The molecular formula is C23H24N6O2. The molecule has 8 nitrogen and oxygen atoms in total. The van der Waals surface area contributed by atoms with Gasteiger partial charge in [0.15, 0.2) is 0 Å². The molecule has 0 unspecified atom stereocenters. The van der Waals surface area contributed by atoms with E-state index in [0.717, 1.165) is 23.6 Å². The van der Waals surface area contributed by atoms with E-state index in [0.29, 0.717) is 30.0 Å². The Kier molecular flexibility index (Phi) is 6.07. The Labute approximate surface area is 180 Å². The first-order valence-electron chi connectivity index (χ1n) is 10.1. The minimum Gasteiger partial charge on any atom is -0.496 e. The Morgan fingerprint density at radius 3 is 2.65 bits per heavy atom. The van der Waals surface area contributed by atoms with Crippen LogP contribution in [0.1, 0.15) is 23.1 Å². The summed E-state index contributed by atoms with van der Waals surface area (Å²) in [7, 11) is 1.61. The van der Waals surface area contributed by atoms with Crippen LogP contribution in [0.15, 0.2) is 67.1 Å². The molecule has 4 aromatic rings. The van der Waals surface area contributed by atoms with Crippen LogP contribution in [-0.2, 0) is 13.0 Å². The van der Waals surface area contributed by atoms with Gasteiger partial charge in [-0.15, -0.1) is 10.2 Å². The highest BCUT2D eigenvalue weighted by Gasteiger charge is 2.21. The van der Waals surface area contributed by atoms with E-state index in [-0.39, 0.29) is 5.91 Å². The first kappa shape index (κ1) is 20.3. The predicted molar refractivity (Wildman–Crippen MR) is 117 cm³/mol. The highest BCUT2D eigenvalue weighted by atomic mass is 16.5. The zero-order valence-corrected chi connectivity index (χ0v) is 17.5. The third kappa shape index (κ3) is 4.32. The van der Waals surface area contributed by atoms with E-state index in [1.54, 1.807) is 24.3 Å². The standard InChI is InChI=1S/C23H24N6O2/c1-3-28-16-25-26-21(28)13-14-24-23(30)19-15-29(17-9-5-4-6-10-17)27-22(19)18-11-7-8-12-20(18)31-2/h4-12,15-16H,3,13-14H2,1-2H3,(H,24,30). The smallest absolute Gasteiger partial charge is 0.255 e. The Balaban J connectivity index is 1.63. The van der Waals surface area contributed by atoms with Crippen molar-refractivity contribution >= 4 is 5.91 Å². The maximum atomic E-state index is 13.1. The average Bonchev–Trinajstić information content (AvgIpc) is 3.46. The van der Waals surface area contributed by atoms with E-state index < -0.39 is 0 Å². The number of hydrogen-bond acceptors (Lipinski definition) is 5. The van der Waals surface area contributed by atoms with Gasteiger partial charge in [-0.2, -0.15) is 5.10 Å². The third-order valence-electron chi connectivity index (χ3n) is 5.01. The number of methoxy groups -OCH3 is 1. The lowest BCUT2D eigenvalue weighted by Crippen LogP contribution is -2.26. The molecule has 0 aliphatic carbocycles. The second kappa shape index (κ2) is 9.25. The van der Waals surface area contributed by atoms with Crippen molar-refractivity contribution in [3.05, 3.63) is 78.5 Å². The van der Waals surface area contributed by atoms with Crippen molar-refractivity contribution in [2.24, 2.45) is 0 Å². The van der Waals surface area contributed by atoms with Crippen LogP contribution in [0, 0.1) is 0 Å². The monoisotopic (exact) mass is 416 g/mol. The molecule has 2 aromatic heterocycles. The fourth-order valence-electron chi connectivity index (χ4n) is 3.41. The molecular weight excluding hydrogens is 392 g/mol. The Hall–Kier alpha value is -3.94. The van der Waals surface area contributed by atoms with E-state index in [1.807, 2.05) is 66.1 Å². The summed E-state index contributed by atoms with van der Waals surface area (Å²) in [4.78, 5) is 13.1. The molecule has 0 spiro atoms. The van der Waals surface area contributed by atoms with Crippen molar-refractivity contribution < 1.29 is 9.53 Å². The van der Waals surface area contributed by atoms with Crippen molar-refractivity contribution in [3.63, 3.8) is 0 Å². The summed E-state index contributed by atoms with van der Waals surface area (Å²) in [5.74, 6) is 1.30. The summed E-state index contributed by atoms with van der Waals surface area (Å²) in [5, 5.41) is 15.8. The molecule has 4 rings (SSSR count). The van der Waals surface area contributed by atoms with Crippen molar-refractivity contribution in [2.75, 3.05) is 13.7 Å². The molecule has 0 fully saturated rings. The normalized spacial score (nSPS) is 10.8. The molecule has 1 N–H and O–H groups in total. The predicted octanol–water partition coefficient (Wildman–Crippen LogP) is 3.13. The van der Waals surface area contributed by atoms with Crippen LogP contribution in [0.4, 0.5) is 0 Å². The van der Waals surface area contributed by atoms with Crippen LogP contribution in [0.3, 0.4) is 0 Å². The average molecular weight is 416 g/mol. The van der Waals surface area contributed by atoms with Gasteiger partial charge in [0.1, 0.15) is 23.6 Å². The molecule has 2 aromatic carbocycles. The van der Waals surface area contributed by atoms with E-state index in [4.69, 9.17) is 9.84 Å². The number of carbonyl (C=O) groups excluding carboxylic acids is 1. The third-order valence-corrected chi connectivity index (χ3v) is 5.01. The van der Waals surface area contributed by atoms with Gasteiger partial charge in [-0.25, -0.2) is 4.68 Å². The van der Waals surface area contributed by atoms with Crippen molar-refractivity contribution in [2.45, 2.75) is 19.9 Å². The van der Waals surface area contributed by atoms with Crippen LogP contribution in [-0.4, -0.2) is 44.1 Å². The molecule has 0 bridgehead atoms. The number of para-hydroxylation sites is 2. The highest BCUT2D eigenvalue weighted by molar-refractivity contribution is 6.00. The van der Waals surface area contributed by atoms with Gasteiger partial charge in [0.25, 0.3) is 5.91 Å². The van der Waals surface area contributed by atoms with Gasteiger partial charge in [-0.3, -0.25) is 4.79 Å². The summed E-state index contributed by atoms with van der Waals surface area (Å²) in [6, 6.07) is 17.2. The first-order valence-corrected chi connectivity index (χ1v) is 10.1. The number of hydrogen-bond donors (Lipinski definition) is 1. The first-order chi connectivity index (χ1) is 15.2. The van der Waals surface area contributed by atoms with E-state index >= 15 is 0 Å². The highest BCUT2D eigenvalue weighted by Crippen LogP contribution is 2.31. The Morgan fingerprint density at radius 1 is 1.10 bits per heavy atom. The van der Waals surface area contributed by atoms with Gasteiger partial charge in [-0.1, -0.05) is 30.3 Å². The van der Waals surface area contributed by atoms with Crippen LogP contribution in [0.5, 0.6) is 5.75 Å². The number of ether oxygens (including phenoxy) is 1. The SMILES string of the molecule is CCn1cnnc1CCNC(=O)c1cn(-c2ccccc2)nc1-c1ccccc1OC. The van der Waals surface area contributed by atoms with E-state index in [2.05, 4.69) is 15.5 Å². The number of aromatic nitrogens is 5. The largest absolute Gasteiger partial charge is 0.496 e. The molecule has 0 saturated carbocycles. The van der Waals surface area contributed by atoms with Crippen molar-refractivity contribution in [3.8, 4) is 22.7 Å². The minimum absolute atomic E-state index is 0.203. The number of carbonyl (C=O) groups is 1. The summed E-state index contributed by atoms with van der Waals surface area (Å²) in [5.41, 5.74) is 2.67. The zero-order chi connectivity index (χ0) is 21.6. The molecule has 0 aliphatic rings. The van der Waals surface area contributed by atoms with Gasteiger partial charge in [0.2, 0.25) is 0 Å². The molecule has 0 saturated heterocycles. The Bertz CT molecular complexity index is 1170. The van der Waals surface area contributed by atoms with Gasteiger partial charge in [-0.05, 0) is 31.2 Å². The maximum absolute atomic E-state index is 13.1. The van der Waals surface area contributed by atoms with Crippen LogP contribution < -0.4 is 10.1 Å². The Morgan fingerprint density at radius 2 is 1.87 bits per heavy atom. The number of aryl methyl sites for hydroxylation is 1. The molecule has 0 radical (unpaired) electrons. The number of amides is 1. The van der Waals surface area contributed by atoms with Gasteiger partial charge >= 0.3 is 0 Å². The second-order valence-electron chi connectivity index (χ2n) is 6.91. The zero-order valence-electron chi connectivity index (χ0n) is 17.5. The molecule has 2 heterocycles. The molecule has 0 atom stereocenters. The van der Waals surface area contributed by atoms with E-state index in [9.17, 15) is 4.79 Å². The second-order valence-corrected chi connectivity index (χ2v) is 6.91. The van der Waals surface area contributed by atoms with Gasteiger partial charge in [0, 0.05) is 31.3 Å². The number of nitrogens with one attached hydrogen (secondary N) is 1. The topological polar surface area (TPSA) is 86.9 Å². The quantitative estimate of drug-likeness (QED) is 0.477. The summed E-state index contributed by atoms with van der Waals surface area (Å²) in [6.45, 7) is 3.26. The fraction of sp³-hybridized carbons (Fsp3) is 0.217. The van der Waals surface area contributed by atoms with Crippen LogP contribution in [0.2, 0.25) is 0 Å². The number of rotatable bonds is 8. The van der Waals surface area contributed by atoms with Gasteiger partial charge < -0.3 is 14.6 Å². The van der Waals surface area contributed by atoms with Crippen molar-refractivity contribution in [1.29, 1.82) is 0 Å². The molecule has 1 amide bonds. The molecule has 0 aliphatic heterocycles. The molecule has 31 heavy (non-hydrogen) atoms. The minimum atomic E-state index is -0.203. The summed E-state index contributed by atoms with van der Waals surface area (Å²) >= 11 is 0. The molecule has 158 valence electrons. The van der Waals surface area contributed by atoms with E-state index in [1.165, 1.54) is 0 Å². The van der Waals surface area contributed by atoms with Gasteiger partial charge in [0.05, 0.1) is 18.4 Å². The number of benzene rings is 2. The lowest BCUT2D eigenvalue weighted by atomic mass is 10.1. The summed E-state index contributed by atoms with van der Waals surface area (Å²) < 4.78 is 9.18. The molecule has 8 heteroatoms. The lowest BCUT2D eigenvalue weighted by Gasteiger charge is -2.08. The fourth-order valence-corrected chi connectivity index (χ4v) is 3.41. The maximum Gasteiger partial charge on any atom is 0.255 e. The summed E-state index contributed by atoms with van der Waals surface area (Å²) in [6.07, 6.45) is 4.04. The van der Waals surface area contributed by atoms with Crippen LogP contribution in [0.25, 0.3) is 16.9 Å². The van der Waals surface area contributed by atoms with Crippen molar-refractivity contribution in [1.82, 2.24) is 29.9 Å².